The van der Waals surface area contributed by atoms with E-state index < -0.39 is 12.6 Å². The summed E-state index contributed by atoms with van der Waals surface area (Å²) in [6.45, 7) is 1.60. The Labute approximate surface area is 111 Å². The van der Waals surface area contributed by atoms with Gasteiger partial charge in [0, 0.05) is 13.0 Å². The minimum absolute atomic E-state index is 0.0455. The molecule has 1 heterocycles. The second kappa shape index (κ2) is 6.39. The van der Waals surface area contributed by atoms with Gasteiger partial charge in [-0.05, 0) is 30.5 Å². The Morgan fingerprint density at radius 1 is 1.26 bits per heavy atom. The summed E-state index contributed by atoms with van der Waals surface area (Å²) in [5, 5.41) is 3.04. The van der Waals surface area contributed by atoms with Crippen LogP contribution in [0.4, 0.5) is 13.2 Å². The highest BCUT2D eigenvalue weighted by molar-refractivity contribution is 5.31. The van der Waals surface area contributed by atoms with Crippen LogP contribution in [0.5, 0.6) is 0 Å². The van der Waals surface area contributed by atoms with E-state index in [4.69, 9.17) is 4.74 Å². The number of nitrogens with one attached hydrogen (secondary N) is 1. The molecular formula is C14H18F3NO. The average molecular weight is 273 g/mol. The normalized spacial score (nSPS) is 19.2. The second-order valence-electron chi connectivity index (χ2n) is 4.73. The summed E-state index contributed by atoms with van der Waals surface area (Å²) in [7, 11) is 0. The number of halogens is 3. The lowest BCUT2D eigenvalue weighted by molar-refractivity contribution is -0.135. The molecular weight excluding hydrogens is 255 g/mol. The van der Waals surface area contributed by atoms with Gasteiger partial charge in [-0.1, -0.05) is 24.3 Å². The van der Waals surface area contributed by atoms with Crippen LogP contribution >= 0.6 is 0 Å². The van der Waals surface area contributed by atoms with Gasteiger partial charge in [-0.2, -0.15) is 13.2 Å². The molecule has 0 bridgehead atoms. The third-order valence-electron chi connectivity index (χ3n) is 3.24. The molecule has 1 atom stereocenters. The molecule has 0 saturated heterocycles. The predicted molar refractivity (Wildman–Crippen MR) is 67.0 cm³/mol. The third-order valence-corrected chi connectivity index (χ3v) is 3.24. The smallest absolute Gasteiger partial charge is 0.372 e. The zero-order valence-corrected chi connectivity index (χ0v) is 10.7. The van der Waals surface area contributed by atoms with E-state index in [1.165, 1.54) is 5.56 Å². The van der Waals surface area contributed by atoms with E-state index in [1.54, 1.807) is 0 Å². The average Bonchev–Trinajstić information content (AvgIpc) is 2.37. The summed E-state index contributed by atoms with van der Waals surface area (Å²) in [6, 6.07) is 8.06. The molecule has 0 saturated carbocycles. The van der Waals surface area contributed by atoms with Crippen LogP contribution in [0.2, 0.25) is 0 Å². The van der Waals surface area contributed by atoms with Gasteiger partial charge in [0.2, 0.25) is 0 Å². The van der Waals surface area contributed by atoms with Crippen molar-refractivity contribution in [1.29, 1.82) is 0 Å². The Bertz CT molecular complexity index is 406. The van der Waals surface area contributed by atoms with Gasteiger partial charge in [-0.25, -0.2) is 0 Å². The molecule has 0 spiro atoms. The van der Waals surface area contributed by atoms with Crippen LogP contribution in [-0.2, 0) is 11.2 Å². The van der Waals surface area contributed by atoms with Gasteiger partial charge in [0.25, 0.3) is 0 Å². The standard InChI is InChI=1S/C14H18F3NO/c15-14(16,17)7-3-8-18-10-13-12-5-2-1-4-11(12)6-9-19-13/h1-2,4-5,13,18H,3,6-10H2. The first kappa shape index (κ1) is 14.3. The highest BCUT2D eigenvalue weighted by atomic mass is 19.4. The molecule has 0 aromatic heterocycles. The molecule has 0 aliphatic carbocycles. The van der Waals surface area contributed by atoms with Crippen molar-refractivity contribution in [2.75, 3.05) is 19.7 Å². The zero-order chi connectivity index (χ0) is 13.7. The summed E-state index contributed by atoms with van der Waals surface area (Å²) in [6.07, 6.45) is -3.83. The monoisotopic (exact) mass is 273 g/mol. The van der Waals surface area contributed by atoms with Crippen molar-refractivity contribution in [3.63, 3.8) is 0 Å². The Hall–Kier alpha value is -1.07. The van der Waals surface area contributed by atoms with Crippen LogP contribution in [0.15, 0.2) is 24.3 Å². The first-order chi connectivity index (χ1) is 9.06. The molecule has 5 heteroatoms. The second-order valence-corrected chi connectivity index (χ2v) is 4.73. The van der Waals surface area contributed by atoms with Crippen LogP contribution < -0.4 is 5.32 Å². The Morgan fingerprint density at radius 2 is 2.05 bits per heavy atom. The van der Waals surface area contributed by atoms with Crippen molar-refractivity contribution in [3.8, 4) is 0 Å². The van der Waals surface area contributed by atoms with Crippen molar-refractivity contribution in [2.45, 2.75) is 31.5 Å². The molecule has 1 aliphatic rings. The van der Waals surface area contributed by atoms with E-state index in [9.17, 15) is 13.2 Å². The van der Waals surface area contributed by atoms with Gasteiger partial charge in [-0.3, -0.25) is 0 Å². The molecule has 1 aromatic rings. The SMILES string of the molecule is FC(F)(F)CCCNCC1OCCc2ccccc21. The highest BCUT2D eigenvalue weighted by Crippen LogP contribution is 2.26. The van der Waals surface area contributed by atoms with Crippen molar-refractivity contribution < 1.29 is 17.9 Å². The molecule has 1 N–H and O–H groups in total. The van der Waals surface area contributed by atoms with E-state index in [-0.39, 0.29) is 12.5 Å². The molecule has 1 unspecified atom stereocenters. The topological polar surface area (TPSA) is 21.3 Å². The summed E-state index contributed by atoms with van der Waals surface area (Å²) < 4.78 is 41.6. The maximum atomic E-state index is 12.0. The zero-order valence-electron chi connectivity index (χ0n) is 10.7. The number of rotatable bonds is 5. The fourth-order valence-corrected chi connectivity index (χ4v) is 2.29. The van der Waals surface area contributed by atoms with Crippen molar-refractivity contribution in [3.05, 3.63) is 35.4 Å². The van der Waals surface area contributed by atoms with Gasteiger partial charge in [-0.15, -0.1) is 0 Å². The minimum Gasteiger partial charge on any atom is -0.372 e. The number of hydrogen-bond acceptors (Lipinski definition) is 2. The quantitative estimate of drug-likeness (QED) is 0.832. The lowest BCUT2D eigenvalue weighted by Gasteiger charge is -2.26. The van der Waals surface area contributed by atoms with Crippen LogP contribution in [0, 0.1) is 0 Å². The Morgan fingerprint density at radius 3 is 2.84 bits per heavy atom. The fraction of sp³-hybridized carbons (Fsp3) is 0.571. The molecule has 0 radical (unpaired) electrons. The molecule has 1 aromatic carbocycles. The number of ether oxygens (including phenoxy) is 1. The maximum Gasteiger partial charge on any atom is 0.389 e. The van der Waals surface area contributed by atoms with Crippen LogP contribution in [0.1, 0.15) is 30.1 Å². The summed E-state index contributed by atoms with van der Waals surface area (Å²) in [4.78, 5) is 0. The molecule has 0 amide bonds. The summed E-state index contributed by atoms with van der Waals surface area (Å²) in [5.41, 5.74) is 2.42. The van der Waals surface area contributed by atoms with E-state index in [0.717, 1.165) is 12.0 Å². The molecule has 0 fully saturated rings. The largest absolute Gasteiger partial charge is 0.389 e. The van der Waals surface area contributed by atoms with Crippen LogP contribution in [0.25, 0.3) is 0 Å². The molecule has 2 nitrogen and oxygen atoms in total. The summed E-state index contributed by atoms with van der Waals surface area (Å²) >= 11 is 0. The Kier molecular flexibility index (Phi) is 4.82. The minimum atomic E-state index is -4.06. The van der Waals surface area contributed by atoms with Crippen LogP contribution in [-0.4, -0.2) is 25.9 Å². The molecule has 19 heavy (non-hydrogen) atoms. The van der Waals surface area contributed by atoms with E-state index in [0.29, 0.717) is 19.7 Å². The van der Waals surface area contributed by atoms with Gasteiger partial charge < -0.3 is 10.1 Å². The van der Waals surface area contributed by atoms with E-state index in [2.05, 4.69) is 11.4 Å². The van der Waals surface area contributed by atoms with Crippen molar-refractivity contribution in [2.24, 2.45) is 0 Å². The lowest BCUT2D eigenvalue weighted by atomic mass is 9.97. The van der Waals surface area contributed by atoms with Crippen molar-refractivity contribution >= 4 is 0 Å². The number of fused-ring (bicyclic) bond motifs is 1. The van der Waals surface area contributed by atoms with Gasteiger partial charge in [0.15, 0.2) is 0 Å². The lowest BCUT2D eigenvalue weighted by Crippen LogP contribution is -2.28. The number of benzene rings is 1. The Balaban J connectivity index is 1.75. The van der Waals surface area contributed by atoms with Crippen molar-refractivity contribution in [1.82, 2.24) is 5.32 Å². The van der Waals surface area contributed by atoms with E-state index in [1.807, 2.05) is 18.2 Å². The first-order valence-corrected chi connectivity index (χ1v) is 6.53. The van der Waals surface area contributed by atoms with Crippen LogP contribution in [0.3, 0.4) is 0 Å². The maximum absolute atomic E-state index is 12.0. The van der Waals surface area contributed by atoms with Gasteiger partial charge >= 0.3 is 6.18 Å². The third kappa shape index (κ3) is 4.51. The van der Waals surface area contributed by atoms with Gasteiger partial charge in [0.05, 0.1) is 12.7 Å². The number of hydrogen-bond donors (Lipinski definition) is 1. The first-order valence-electron chi connectivity index (χ1n) is 6.53. The van der Waals surface area contributed by atoms with Gasteiger partial charge in [0.1, 0.15) is 0 Å². The summed E-state index contributed by atoms with van der Waals surface area (Å²) in [5.74, 6) is 0. The molecule has 106 valence electrons. The highest BCUT2D eigenvalue weighted by Gasteiger charge is 2.26. The fourth-order valence-electron chi connectivity index (χ4n) is 2.29. The molecule has 2 rings (SSSR count). The predicted octanol–water partition coefficient (Wildman–Crippen LogP) is 3.23. The number of alkyl halides is 3. The van der Waals surface area contributed by atoms with E-state index >= 15 is 0 Å². The molecule has 1 aliphatic heterocycles.